The molecule has 0 aliphatic rings. The molecule has 0 aromatic rings. The average Bonchev–Trinajstić information content (AvgIpc) is 2.41. The fourth-order valence-electron chi connectivity index (χ4n) is 1.93. The van der Waals surface area contributed by atoms with Crippen molar-refractivity contribution < 1.29 is 0 Å². The van der Waals surface area contributed by atoms with Gasteiger partial charge >= 0.3 is 0 Å². The van der Waals surface area contributed by atoms with E-state index in [9.17, 15) is 0 Å². The van der Waals surface area contributed by atoms with E-state index in [0.29, 0.717) is 11.0 Å². The maximum Gasteiger partial charge on any atom is 0.105 e. The molecule has 1 nitrogen and oxygen atoms in total. The Morgan fingerprint density at radius 3 is 2.32 bits per heavy atom. The van der Waals surface area contributed by atoms with Crippen molar-refractivity contribution in [3.8, 4) is 6.07 Å². The standard InChI is InChI=1S/C15H27NS3/c1-3-5-7-8-9-11-14(10-6-4-2)19-15(17)18-13-12-16/h14H,3-11,13H2,1-2H3. The van der Waals surface area contributed by atoms with Gasteiger partial charge in [0.25, 0.3) is 0 Å². The Labute approximate surface area is 133 Å². The van der Waals surface area contributed by atoms with Crippen LogP contribution in [-0.4, -0.2) is 14.5 Å². The van der Waals surface area contributed by atoms with Crippen LogP contribution >= 0.6 is 35.7 Å². The first-order chi connectivity index (χ1) is 9.24. The van der Waals surface area contributed by atoms with Crippen LogP contribution in [-0.2, 0) is 0 Å². The minimum atomic E-state index is 0.489. The van der Waals surface area contributed by atoms with Crippen LogP contribution in [0.3, 0.4) is 0 Å². The van der Waals surface area contributed by atoms with Crippen LogP contribution in [0.5, 0.6) is 0 Å². The maximum atomic E-state index is 8.57. The predicted octanol–water partition coefficient (Wildman–Crippen LogP) is 6.18. The largest absolute Gasteiger partial charge is 0.197 e. The topological polar surface area (TPSA) is 23.8 Å². The molecule has 0 aliphatic carbocycles. The van der Waals surface area contributed by atoms with Crippen molar-refractivity contribution >= 4 is 39.3 Å². The van der Waals surface area contributed by atoms with Gasteiger partial charge in [-0.15, -0.1) is 11.8 Å². The zero-order valence-electron chi connectivity index (χ0n) is 12.3. The average molecular weight is 318 g/mol. The third kappa shape index (κ3) is 13.0. The van der Waals surface area contributed by atoms with Gasteiger partial charge < -0.3 is 0 Å². The molecule has 1 atom stereocenters. The number of thiocarbonyl (C=S) groups is 1. The van der Waals surface area contributed by atoms with E-state index in [4.69, 9.17) is 17.5 Å². The van der Waals surface area contributed by atoms with Gasteiger partial charge in [-0.1, -0.05) is 82.8 Å². The normalized spacial score (nSPS) is 12.1. The van der Waals surface area contributed by atoms with E-state index >= 15 is 0 Å². The molecule has 0 radical (unpaired) electrons. The maximum absolute atomic E-state index is 8.57. The molecule has 0 rings (SSSR count). The van der Waals surface area contributed by atoms with Gasteiger partial charge in [0, 0.05) is 5.25 Å². The summed E-state index contributed by atoms with van der Waals surface area (Å²) < 4.78 is 0.955. The molecule has 0 saturated heterocycles. The van der Waals surface area contributed by atoms with E-state index in [-0.39, 0.29) is 0 Å². The van der Waals surface area contributed by atoms with Crippen molar-refractivity contribution in [2.24, 2.45) is 0 Å². The van der Waals surface area contributed by atoms with Crippen LogP contribution in [0, 0.1) is 11.3 Å². The Morgan fingerprint density at radius 1 is 1.05 bits per heavy atom. The third-order valence-electron chi connectivity index (χ3n) is 3.03. The summed E-state index contributed by atoms with van der Waals surface area (Å²) in [6, 6.07) is 2.14. The molecule has 0 spiro atoms. The molecule has 1 unspecified atom stereocenters. The molecule has 19 heavy (non-hydrogen) atoms. The van der Waals surface area contributed by atoms with Gasteiger partial charge in [-0.3, -0.25) is 0 Å². The minimum absolute atomic E-state index is 0.489. The molecule has 0 amide bonds. The molecule has 4 heteroatoms. The molecule has 0 aromatic carbocycles. The van der Waals surface area contributed by atoms with Gasteiger partial charge in [-0.05, 0) is 12.8 Å². The lowest BCUT2D eigenvalue weighted by Gasteiger charge is -2.16. The number of hydrogen-bond donors (Lipinski definition) is 0. The summed E-state index contributed by atoms with van der Waals surface area (Å²) >= 11 is 8.69. The summed E-state index contributed by atoms with van der Waals surface area (Å²) in [6.07, 6.45) is 11.8. The summed E-state index contributed by atoms with van der Waals surface area (Å²) in [5, 5.41) is 9.24. The van der Waals surface area contributed by atoms with Crippen molar-refractivity contribution in [1.29, 1.82) is 5.26 Å². The summed E-state index contributed by atoms with van der Waals surface area (Å²) in [7, 11) is 0. The Bertz CT molecular complexity index is 261. The first kappa shape index (κ1) is 19.3. The fourth-order valence-corrected chi connectivity index (χ4v) is 4.40. The summed E-state index contributed by atoms with van der Waals surface area (Å²) in [4.78, 5) is 0. The van der Waals surface area contributed by atoms with Crippen LogP contribution in [0.25, 0.3) is 0 Å². The highest BCUT2D eigenvalue weighted by Gasteiger charge is 2.12. The molecular weight excluding hydrogens is 290 g/mol. The number of nitriles is 1. The van der Waals surface area contributed by atoms with E-state index in [0.717, 1.165) is 3.53 Å². The Kier molecular flexibility index (Phi) is 14.9. The second kappa shape index (κ2) is 14.7. The van der Waals surface area contributed by atoms with Crippen LogP contribution in [0.2, 0.25) is 0 Å². The van der Waals surface area contributed by atoms with Crippen LogP contribution in [0.15, 0.2) is 0 Å². The molecule has 0 aromatic heterocycles. The Hall–Kier alpha value is 0.280. The number of rotatable bonds is 11. The van der Waals surface area contributed by atoms with Gasteiger partial charge in [0.05, 0.1) is 11.8 Å². The highest BCUT2D eigenvalue weighted by atomic mass is 32.2. The zero-order valence-corrected chi connectivity index (χ0v) is 14.8. The molecule has 0 fully saturated rings. The first-order valence-electron chi connectivity index (χ1n) is 7.44. The van der Waals surface area contributed by atoms with E-state index in [1.807, 2.05) is 11.8 Å². The van der Waals surface area contributed by atoms with Gasteiger partial charge in [-0.2, -0.15) is 5.26 Å². The monoisotopic (exact) mass is 317 g/mol. The number of unbranched alkanes of at least 4 members (excludes halogenated alkanes) is 5. The second-order valence-electron chi connectivity index (χ2n) is 4.78. The number of hydrogen-bond acceptors (Lipinski definition) is 4. The lowest BCUT2D eigenvalue weighted by molar-refractivity contribution is 0.572. The summed E-state index contributed by atoms with van der Waals surface area (Å²) in [5.41, 5.74) is 0. The quantitative estimate of drug-likeness (QED) is 0.335. The number of nitrogens with zero attached hydrogens (tertiary/aromatic N) is 1. The van der Waals surface area contributed by atoms with Gasteiger partial charge in [0.15, 0.2) is 0 Å². The smallest absolute Gasteiger partial charge is 0.105 e. The van der Waals surface area contributed by atoms with Crippen LogP contribution in [0.4, 0.5) is 0 Å². The van der Waals surface area contributed by atoms with Crippen molar-refractivity contribution in [2.75, 3.05) is 5.75 Å². The van der Waals surface area contributed by atoms with E-state index in [1.165, 1.54) is 69.5 Å². The zero-order chi connectivity index (χ0) is 14.3. The van der Waals surface area contributed by atoms with Gasteiger partial charge in [-0.25, -0.2) is 0 Å². The van der Waals surface area contributed by atoms with Crippen LogP contribution in [0.1, 0.15) is 71.6 Å². The lowest BCUT2D eigenvalue weighted by atomic mass is 10.1. The lowest BCUT2D eigenvalue weighted by Crippen LogP contribution is -2.05. The minimum Gasteiger partial charge on any atom is -0.197 e. The highest BCUT2D eigenvalue weighted by Crippen LogP contribution is 2.29. The molecular formula is C15H27NS3. The fraction of sp³-hybridized carbons (Fsp3) is 0.867. The van der Waals surface area contributed by atoms with E-state index in [2.05, 4.69) is 19.9 Å². The third-order valence-corrected chi connectivity index (χ3v) is 5.82. The molecule has 0 bridgehead atoms. The summed E-state index contributed by atoms with van der Waals surface area (Å²) in [5.74, 6) is 0.489. The SMILES string of the molecule is CCCCCCCC(CCCC)SC(=S)SCC#N. The molecule has 0 heterocycles. The molecule has 0 saturated carbocycles. The van der Waals surface area contributed by atoms with Gasteiger partial charge in [0.1, 0.15) is 3.53 Å². The number of thioether (sulfide) groups is 2. The summed E-state index contributed by atoms with van der Waals surface area (Å²) in [6.45, 7) is 4.50. The van der Waals surface area contributed by atoms with E-state index < -0.39 is 0 Å². The second-order valence-corrected chi connectivity index (χ2v) is 8.26. The highest BCUT2D eigenvalue weighted by molar-refractivity contribution is 8.47. The van der Waals surface area contributed by atoms with Crippen molar-refractivity contribution in [2.45, 2.75) is 76.9 Å². The molecule has 0 N–H and O–H groups in total. The Morgan fingerprint density at radius 2 is 1.68 bits per heavy atom. The Balaban J connectivity index is 3.87. The predicted molar refractivity (Wildman–Crippen MR) is 94.9 cm³/mol. The first-order valence-corrected chi connectivity index (χ1v) is 9.72. The van der Waals surface area contributed by atoms with Crippen molar-refractivity contribution in [3.05, 3.63) is 0 Å². The van der Waals surface area contributed by atoms with Crippen molar-refractivity contribution in [3.63, 3.8) is 0 Å². The van der Waals surface area contributed by atoms with Crippen molar-refractivity contribution in [1.82, 2.24) is 0 Å². The van der Waals surface area contributed by atoms with Crippen LogP contribution < -0.4 is 0 Å². The van der Waals surface area contributed by atoms with Gasteiger partial charge in [0.2, 0.25) is 0 Å². The molecule has 0 aliphatic heterocycles. The van der Waals surface area contributed by atoms with E-state index in [1.54, 1.807) is 0 Å². The molecule has 110 valence electrons.